The Morgan fingerprint density at radius 3 is 2.60 bits per heavy atom. The van der Waals surface area contributed by atoms with E-state index in [1.165, 1.54) is 0 Å². The molecule has 1 amide bonds. The van der Waals surface area contributed by atoms with Crippen molar-refractivity contribution in [2.45, 2.75) is 19.4 Å². The predicted molar refractivity (Wildman–Crippen MR) is 72.9 cm³/mol. The zero-order chi connectivity index (χ0) is 14.7. The molecular weight excluding hydrogens is 258 g/mol. The van der Waals surface area contributed by atoms with E-state index in [0.717, 1.165) is 5.56 Å². The third kappa shape index (κ3) is 2.82. The lowest BCUT2D eigenvalue weighted by Gasteiger charge is -2.25. The van der Waals surface area contributed by atoms with Crippen LogP contribution < -0.4 is 0 Å². The van der Waals surface area contributed by atoms with Crippen molar-refractivity contribution in [1.29, 1.82) is 0 Å². The van der Waals surface area contributed by atoms with Crippen LogP contribution >= 0.6 is 0 Å². The monoisotopic (exact) mass is 277 g/mol. The Morgan fingerprint density at radius 1 is 1.40 bits per heavy atom. The summed E-state index contributed by atoms with van der Waals surface area (Å²) in [7, 11) is 0. The summed E-state index contributed by atoms with van der Waals surface area (Å²) in [5, 5.41) is 18.3. The quantitative estimate of drug-likeness (QED) is 0.850. The first-order valence-electron chi connectivity index (χ1n) is 6.72. The van der Waals surface area contributed by atoms with Crippen LogP contribution in [0.4, 0.5) is 0 Å². The molecule has 1 saturated heterocycles. The van der Waals surface area contributed by atoms with E-state index in [-0.39, 0.29) is 30.9 Å². The number of nitrogens with zero attached hydrogens (tertiary/aromatic N) is 1. The summed E-state index contributed by atoms with van der Waals surface area (Å²) in [6, 6.07) is 9.49. The molecule has 0 saturated carbocycles. The number of amides is 1. The van der Waals surface area contributed by atoms with E-state index in [9.17, 15) is 14.7 Å². The highest BCUT2D eigenvalue weighted by molar-refractivity contribution is 5.83. The van der Waals surface area contributed by atoms with E-state index < -0.39 is 11.9 Å². The average molecular weight is 277 g/mol. The lowest BCUT2D eigenvalue weighted by molar-refractivity contribution is -0.138. The molecule has 108 valence electrons. The standard InChI is InChI=1S/C15H19NO4/c1-10(11-5-3-2-4-6-11)16-8-12(7-14(18)19)13(9-17)15(16)20/h2-6,10,12-13,17H,7-9H2,1H3,(H,18,19)/t10-,12-,13-/m1/s1. The maximum absolute atomic E-state index is 12.3. The molecule has 1 aromatic carbocycles. The van der Waals surface area contributed by atoms with Gasteiger partial charge in [-0.2, -0.15) is 0 Å². The van der Waals surface area contributed by atoms with Crippen LogP contribution in [0.1, 0.15) is 24.9 Å². The van der Waals surface area contributed by atoms with Crippen LogP contribution in [0.5, 0.6) is 0 Å². The minimum absolute atomic E-state index is 0.0883. The fourth-order valence-corrected chi connectivity index (χ4v) is 2.80. The summed E-state index contributed by atoms with van der Waals surface area (Å²) >= 11 is 0. The second kappa shape index (κ2) is 6.05. The highest BCUT2D eigenvalue weighted by Gasteiger charge is 2.42. The number of hydrogen-bond donors (Lipinski definition) is 2. The van der Waals surface area contributed by atoms with Crippen LogP contribution in [0.2, 0.25) is 0 Å². The van der Waals surface area contributed by atoms with Gasteiger partial charge in [0.05, 0.1) is 25.0 Å². The molecule has 1 fully saturated rings. The van der Waals surface area contributed by atoms with Gasteiger partial charge in [0.25, 0.3) is 0 Å². The number of carbonyl (C=O) groups is 2. The smallest absolute Gasteiger partial charge is 0.303 e. The Labute approximate surface area is 117 Å². The van der Waals surface area contributed by atoms with Gasteiger partial charge in [-0.25, -0.2) is 0 Å². The molecule has 0 radical (unpaired) electrons. The van der Waals surface area contributed by atoms with Crippen LogP contribution in [0.3, 0.4) is 0 Å². The Kier molecular flexibility index (Phi) is 4.39. The summed E-state index contributed by atoms with van der Waals surface area (Å²) in [6.45, 7) is 2.01. The SMILES string of the molecule is C[C@H](c1ccccc1)N1C[C@@H](CC(=O)O)[C@@H](CO)C1=O. The van der Waals surface area contributed by atoms with E-state index in [0.29, 0.717) is 6.54 Å². The molecule has 1 aliphatic heterocycles. The molecule has 1 heterocycles. The van der Waals surface area contributed by atoms with Crippen molar-refractivity contribution < 1.29 is 19.8 Å². The zero-order valence-corrected chi connectivity index (χ0v) is 11.4. The molecule has 0 aliphatic carbocycles. The average Bonchev–Trinajstić information content (AvgIpc) is 2.74. The number of aliphatic hydroxyl groups is 1. The number of benzene rings is 1. The molecule has 20 heavy (non-hydrogen) atoms. The zero-order valence-electron chi connectivity index (χ0n) is 11.4. The number of hydrogen-bond acceptors (Lipinski definition) is 3. The van der Waals surface area contributed by atoms with E-state index in [2.05, 4.69) is 0 Å². The third-order valence-electron chi connectivity index (χ3n) is 3.98. The predicted octanol–water partition coefficient (Wildman–Crippen LogP) is 1.29. The molecule has 1 aromatic rings. The third-order valence-corrected chi connectivity index (χ3v) is 3.98. The largest absolute Gasteiger partial charge is 0.481 e. The van der Waals surface area contributed by atoms with Gasteiger partial charge in [0.15, 0.2) is 0 Å². The molecule has 2 rings (SSSR count). The van der Waals surface area contributed by atoms with Crippen LogP contribution in [-0.2, 0) is 9.59 Å². The number of rotatable bonds is 5. The number of carboxylic acid groups (broad SMARTS) is 1. The summed E-state index contributed by atoms with van der Waals surface area (Å²) in [5.74, 6) is -2.01. The molecule has 0 aromatic heterocycles. The lowest BCUT2D eigenvalue weighted by atomic mass is 9.93. The Hall–Kier alpha value is -1.88. The molecule has 5 heteroatoms. The van der Waals surface area contributed by atoms with Crippen molar-refractivity contribution >= 4 is 11.9 Å². The molecule has 5 nitrogen and oxygen atoms in total. The summed E-state index contributed by atoms with van der Waals surface area (Å²) < 4.78 is 0. The van der Waals surface area contributed by atoms with Gasteiger partial charge in [0.1, 0.15) is 0 Å². The summed E-state index contributed by atoms with van der Waals surface area (Å²) in [5.41, 5.74) is 1.01. The second-order valence-corrected chi connectivity index (χ2v) is 5.22. The van der Waals surface area contributed by atoms with Gasteiger partial charge in [-0.15, -0.1) is 0 Å². The van der Waals surface area contributed by atoms with Crippen molar-refractivity contribution in [2.24, 2.45) is 11.8 Å². The normalized spacial score (nSPS) is 23.9. The van der Waals surface area contributed by atoms with Gasteiger partial charge in [-0.05, 0) is 12.5 Å². The fourth-order valence-electron chi connectivity index (χ4n) is 2.80. The minimum atomic E-state index is -0.935. The number of likely N-dealkylation sites (tertiary alicyclic amines) is 1. The van der Waals surface area contributed by atoms with Crippen LogP contribution in [0, 0.1) is 11.8 Å². The van der Waals surface area contributed by atoms with Gasteiger partial charge in [0, 0.05) is 12.5 Å². The topological polar surface area (TPSA) is 77.8 Å². The van der Waals surface area contributed by atoms with E-state index >= 15 is 0 Å². The van der Waals surface area contributed by atoms with Crippen molar-refractivity contribution in [3.05, 3.63) is 35.9 Å². The van der Waals surface area contributed by atoms with Crippen molar-refractivity contribution in [3.63, 3.8) is 0 Å². The van der Waals surface area contributed by atoms with Crippen molar-refractivity contribution in [1.82, 2.24) is 4.90 Å². The maximum atomic E-state index is 12.3. The molecule has 0 spiro atoms. The number of carbonyl (C=O) groups excluding carboxylic acids is 1. The number of aliphatic carboxylic acids is 1. The first-order valence-corrected chi connectivity index (χ1v) is 6.72. The van der Waals surface area contributed by atoms with Crippen molar-refractivity contribution in [3.8, 4) is 0 Å². The first kappa shape index (κ1) is 14.5. The molecule has 2 N–H and O–H groups in total. The van der Waals surface area contributed by atoms with Crippen molar-refractivity contribution in [2.75, 3.05) is 13.2 Å². The first-order chi connectivity index (χ1) is 9.54. The van der Waals surface area contributed by atoms with Gasteiger partial charge in [-0.1, -0.05) is 30.3 Å². The van der Waals surface area contributed by atoms with E-state index in [1.807, 2.05) is 37.3 Å². The summed E-state index contributed by atoms with van der Waals surface area (Å²) in [4.78, 5) is 24.8. The molecule has 1 aliphatic rings. The number of carboxylic acids is 1. The van der Waals surface area contributed by atoms with Crippen LogP contribution in [0.25, 0.3) is 0 Å². The Bertz CT molecular complexity index is 488. The van der Waals surface area contributed by atoms with Crippen LogP contribution in [0.15, 0.2) is 30.3 Å². The molecular formula is C15H19NO4. The Morgan fingerprint density at radius 2 is 2.05 bits per heavy atom. The molecule has 3 atom stereocenters. The lowest BCUT2D eigenvalue weighted by Crippen LogP contribution is -2.31. The maximum Gasteiger partial charge on any atom is 0.303 e. The van der Waals surface area contributed by atoms with E-state index in [1.54, 1.807) is 4.90 Å². The Balaban J connectivity index is 2.17. The van der Waals surface area contributed by atoms with Gasteiger partial charge in [-0.3, -0.25) is 9.59 Å². The van der Waals surface area contributed by atoms with Gasteiger partial charge >= 0.3 is 5.97 Å². The fraction of sp³-hybridized carbons (Fsp3) is 0.467. The van der Waals surface area contributed by atoms with Gasteiger partial charge in [0.2, 0.25) is 5.91 Å². The summed E-state index contributed by atoms with van der Waals surface area (Å²) in [6.07, 6.45) is -0.0883. The van der Waals surface area contributed by atoms with E-state index in [4.69, 9.17) is 5.11 Å². The molecule has 0 bridgehead atoms. The van der Waals surface area contributed by atoms with Gasteiger partial charge < -0.3 is 15.1 Å². The number of aliphatic hydroxyl groups excluding tert-OH is 1. The molecule has 0 unspecified atom stereocenters. The van der Waals surface area contributed by atoms with Crippen LogP contribution in [-0.4, -0.2) is 40.1 Å². The highest BCUT2D eigenvalue weighted by Crippen LogP contribution is 2.33. The minimum Gasteiger partial charge on any atom is -0.481 e. The highest BCUT2D eigenvalue weighted by atomic mass is 16.4. The second-order valence-electron chi connectivity index (χ2n) is 5.22.